The Balaban J connectivity index is 1.95. The van der Waals surface area contributed by atoms with Crippen LogP contribution < -0.4 is 0 Å². The standard InChI is InChI=1S/C11H17ClO/c12-11-4-8-1-9(5-11)3-10(2-8,6-11)7-13/h8-9,13H,1-7H2. The average Bonchev–Trinajstić information content (AvgIpc) is 1.99. The van der Waals surface area contributed by atoms with Gasteiger partial charge in [-0.15, -0.1) is 11.6 Å². The zero-order valence-electron chi connectivity index (χ0n) is 7.93. The van der Waals surface area contributed by atoms with Crippen molar-refractivity contribution in [3.63, 3.8) is 0 Å². The molecule has 0 spiro atoms. The van der Waals surface area contributed by atoms with Crippen LogP contribution in [0.3, 0.4) is 0 Å². The Morgan fingerprint density at radius 2 is 1.77 bits per heavy atom. The molecule has 0 saturated heterocycles. The summed E-state index contributed by atoms with van der Waals surface area (Å²) < 4.78 is 0. The van der Waals surface area contributed by atoms with Crippen molar-refractivity contribution in [3.8, 4) is 0 Å². The van der Waals surface area contributed by atoms with E-state index < -0.39 is 0 Å². The molecule has 1 nitrogen and oxygen atoms in total. The van der Waals surface area contributed by atoms with E-state index in [0.717, 1.165) is 18.3 Å². The molecule has 2 heteroatoms. The first-order chi connectivity index (χ1) is 6.13. The molecule has 13 heavy (non-hydrogen) atoms. The quantitative estimate of drug-likeness (QED) is 0.646. The van der Waals surface area contributed by atoms with Gasteiger partial charge in [-0.1, -0.05) is 0 Å². The Labute approximate surface area is 84.5 Å². The van der Waals surface area contributed by atoms with Crippen LogP contribution in [0.25, 0.3) is 0 Å². The minimum absolute atomic E-state index is 0.0762. The molecule has 0 radical (unpaired) electrons. The van der Waals surface area contributed by atoms with E-state index in [9.17, 15) is 5.11 Å². The third-order valence-corrected chi connectivity index (χ3v) is 4.89. The minimum Gasteiger partial charge on any atom is -0.396 e. The highest BCUT2D eigenvalue weighted by molar-refractivity contribution is 6.24. The lowest BCUT2D eigenvalue weighted by Gasteiger charge is -2.59. The largest absolute Gasteiger partial charge is 0.396 e. The van der Waals surface area contributed by atoms with Crippen LogP contribution in [0.15, 0.2) is 0 Å². The molecule has 0 heterocycles. The number of hydrogen-bond acceptors (Lipinski definition) is 1. The third kappa shape index (κ3) is 1.16. The van der Waals surface area contributed by atoms with Gasteiger partial charge in [-0.3, -0.25) is 0 Å². The number of aliphatic hydroxyl groups excluding tert-OH is 1. The van der Waals surface area contributed by atoms with Gasteiger partial charge in [-0.05, 0) is 55.8 Å². The number of hydrogen-bond donors (Lipinski definition) is 1. The second kappa shape index (κ2) is 2.43. The van der Waals surface area contributed by atoms with Crippen molar-refractivity contribution in [1.82, 2.24) is 0 Å². The van der Waals surface area contributed by atoms with Crippen LogP contribution in [0.4, 0.5) is 0 Å². The van der Waals surface area contributed by atoms with Gasteiger partial charge in [0, 0.05) is 11.5 Å². The fourth-order valence-corrected chi connectivity index (χ4v) is 5.24. The summed E-state index contributed by atoms with van der Waals surface area (Å²) in [6, 6.07) is 0. The van der Waals surface area contributed by atoms with Gasteiger partial charge < -0.3 is 5.11 Å². The van der Waals surface area contributed by atoms with E-state index in [-0.39, 0.29) is 10.3 Å². The summed E-state index contributed by atoms with van der Waals surface area (Å²) in [6.07, 6.45) is 7.38. The van der Waals surface area contributed by atoms with E-state index in [4.69, 9.17) is 11.6 Å². The third-order valence-electron chi connectivity index (χ3n) is 4.45. The van der Waals surface area contributed by atoms with Gasteiger partial charge in [0.2, 0.25) is 0 Å². The Morgan fingerprint density at radius 1 is 1.15 bits per heavy atom. The molecular formula is C11H17ClO. The van der Waals surface area contributed by atoms with Gasteiger partial charge in [-0.2, -0.15) is 0 Å². The van der Waals surface area contributed by atoms with Crippen LogP contribution in [0.2, 0.25) is 0 Å². The lowest BCUT2D eigenvalue weighted by Crippen LogP contribution is -2.54. The predicted molar refractivity (Wildman–Crippen MR) is 52.8 cm³/mol. The molecule has 4 saturated carbocycles. The fourth-order valence-electron chi connectivity index (χ4n) is 4.52. The molecular weight excluding hydrogens is 184 g/mol. The summed E-state index contributed by atoms with van der Waals surface area (Å²) >= 11 is 6.59. The maximum Gasteiger partial charge on any atom is 0.0488 e. The zero-order chi connectivity index (χ0) is 9.10. The Hall–Kier alpha value is 0.250. The molecule has 0 amide bonds. The van der Waals surface area contributed by atoms with Crippen LogP contribution in [0.1, 0.15) is 38.5 Å². The van der Waals surface area contributed by atoms with Gasteiger partial charge in [0.05, 0.1) is 0 Å². The maximum atomic E-state index is 9.49. The highest BCUT2D eigenvalue weighted by atomic mass is 35.5. The molecule has 4 bridgehead atoms. The van der Waals surface area contributed by atoms with Crippen molar-refractivity contribution in [3.05, 3.63) is 0 Å². The van der Waals surface area contributed by atoms with E-state index in [1.807, 2.05) is 0 Å². The van der Waals surface area contributed by atoms with E-state index in [1.54, 1.807) is 0 Å². The molecule has 1 N–H and O–H groups in total. The van der Waals surface area contributed by atoms with Crippen molar-refractivity contribution < 1.29 is 5.11 Å². The van der Waals surface area contributed by atoms with Crippen LogP contribution in [0, 0.1) is 17.3 Å². The van der Waals surface area contributed by atoms with Crippen molar-refractivity contribution in [1.29, 1.82) is 0 Å². The summed E-state index contributed by atoms with van der Waals surface area (Å²) in [6.45, 7) is 0.370. The number of alkyl halides is 1. The normalized spacial score (nSPS) is 58.6. The summed E-state index contributed by atoms with van der Waals surface area (Å²) in [4.78, 5) is 0.0762. The number of halogens is 1. The predicted octanol–water partition coefficient (Wildman–Crippen LogP) is 2.56. The first-order valence-corrected chi connectivity index (χ1v) is 5.81. The average molecular weight is 201 g/mol. The van der Waals surface area contributed by atoms with Crippen LogP contribution in [0.5, 0.6) is 0 Å². The fraction of sp³-hybridized carbons (Fsp3) is 1.00. The molecule has 0 aromatic heterocycles. The van der Waals surface area contributed by atoms with Crippen molar-refractivity contribution in [2.24, 2.45) is 17.3 Å². The zero-order valence-corrected chi connectivity index (χ0v) is 8.69. The molecule has 4 fully saturated rings. The molecule has 2 atom stereocenters. The molecule has 2 unspecified atom stereocenters. The molecule has 4 aliphatic carbocycles. The molecule has 74 valence electrons. The first kappa shape index (κ1) is 8.55. The van der Waals surface area contributed by atoms with Gasteiger partial charge in [-0.25, -0.2) is 0 Å². The molecule has 0 aromatic rings. The van der Waals surface area contributed by atoms with Crippen LogP contribution in [-0.4, -0.2) is 16.6 Å². The lowest BCUT2D eigenvalue weighted by atomic mass is 9.49. The topological polar surface area (TPSA) is 20.2 Å². The molecule has 0 aromatic carbocycles. The highest BCUT2D eigenvalue weighted by Gasteiger charge is 2.56. The monoisotopic (exact) mass is 200 g/mol. The minimum atomic E-state index is 0.0762. The summed E-state index contributed by atoms with van der Waals surface area (Å²) in [7, 11) is 0. The molecule has 0 aliphatic heterocycles. The maximum absolute atomic E-state index is 9.49. The van der Waals surface area contributed by atoms with E-state index in [0.29, 0.717) is 6.61 Å². The summed E-state index contributed by atoms with van der Waals surface area (Å²) in [5.74, 6) is 1.65. The Kier molecular flexibility index (Phi) is 1.60. The highest BCUT2D eigenvalue weighted by Crippen LogP contribution is 2.63. The second-order valence-corrected chi connectivity index (χ2v) is 6.57. The van der Waals surface area contributed by atoms with Gasteiger partial charge in [0.1, 0.15) is 0 Å². The van der Waals surface area contributed by atoms with Gasteiger partial charge in [0.15, 0.2) is 0 Å². The van der Waals surface area contributed by atoms with Crippen molar-refractivity contribution >= 4 is 11.6 Å². The second-order valence-electron chi connectivity index (χ2n) is 5.77. The smallest absolute Gasteiger partial charge is 0.0488 e. The summed E-state index contributed by atoms with van der Waals surface area (Å²) in [5.41, 5.74) is 0.228. The molecule has 4 rings (SSSR count). The van der Waals surface area contributed by atoms with Crippen molar-refractivity contribution in [2.45, 2.75) is 43.4 Å². The van der Waals surface area contributed by atoms with Gasteiger partial charge in [0.25, 0.3) is 0 Å². The van der Waals surface area contributed by atoms with Gasteiger partial charge >= 0.3 is 0 Å². The molecule has 4 aliphatic rings. The van der Waals surface area contributed by atoms with E-state index >= 15 is 0 Å². The number of rotatable bonds is 1. The SMILES string of the molecule is OCC12CC3CC(CC(Cl)(C3)C1)C2. The van der Waals surface area contributed by atoms with E-state index in [1.165, 1.54) is 32.1 Å². The summed E-state index contributed by atoms with van der Waals surface area (Å²) in [5, 5.41) is 9.49. The van der Waals surface area contributed by atoms with Crippen molar-refractivity contribution in [2.75, 3.05) is 6.61 Å². The number of aliphatic hydroxyl groups is 1. The first-order valence-electron chi connectivity index (χ1n) is 5.43. The lowest BCUT2D eigenvalue weighted by molar-refractivity contribution is -0.0693. The van der Waals surface area contributed by atoms with Crippen LogP contribution in [-0.2, 0) is 0 Å². The van der Waals surface area contributed by atoms with E-state index in [2.05, 4.69) is 0 Å². The Morgan fingerprint density at radius 3 is 2.23 bits per heavy atom. The van der Waals surface area contributed by atoms with Crippen LogP contribution >= 0.6 is 11.6 Å². The Bertz CT molecular complexity index is 224.